The lowest BCUT2D eigenvalue weighted by Crippen LogP contribution is -2.38. The fraction of sp³-hybridized carbons (Fsp3) is 0.300. The van der Waals surface area contributed by atoms with Gasteiger partial charge in [-0.2, -0.15) is 0 Å². The van der Waals surface area contributed by atoms with Crippen LogP contribution in [0.4, 0.5) is 4.39 Å². The van der Waals surface area contributed by atoms with Crippen molar-refractivity contribution in [1.82, 2.24) is 14.5 Å². The molecule has 0 saturated heterocycles. The maximum Gasteiger partial charge on any atom is 0.266 e. The Morgan fingerprint density at radius 1 is 0.974 bits per heavy atom. The van der Waals surface area contributed by atoms with Crippen LogP contribution in [0.15, 0.2) is 71.5 Å². The highest BCUT2D eigenvalue weighted by Crippen LogP contribution is 2.28. The van der Waals surface area contributed by atoms with Gasteiger partial charge in [0.2, 0.25) is 0 Å². The molecule has 8 heteroatoms. The van der Waals surface area contributed by atoms with Crippen molar-refractivity contribution in [3.8, 4) is 17.2 Å². The number of para-hydroxylation sites is 1. The van der Waals surface area contributed by atoms with E-state index in [4.69, 9.17) is 14.5 Å². The Morgan fingerprint density at radius 2 is 1.61 bits per heavy atom. The summed E-state index contributed by atoms with van der Waals surface area (Å²) >= 11 is 0. The SMILES string of the molecule is COc1cc(OC)cc(C(=O)N(CCC(C)C)C(C)c2nc3ccccc3c(=O)n2-c2ccc(F)cc2)c1. The number of hydrogen-bond donors (Lipinski definition) is 0. The fourth-order valence-electron chi connectivity index (χ4n) is 4.37. The third-order valence-corrected chi connectivity index (χ3v) is 6.53. The first-order chi connectivity index (χ1) is 18.2. The monoisotopic (exact) mass is 517 g/mol. The molecule has 4 rings (SSSR count). The van der Waals surface area contributed by atoms with Crippen molar-refractivity contribution in [2.24, 2.45) is 5.92 Å². The maximum atomic E-state index is 14.0. The van der Waals surface area contributed by atoms with Gasteiger partial charge >= 0.3 is 0 Å². The molecule has 198 valence electrons. The minimum absolute atomic E-state index is 0.247. The maximum absolute atomic E-state index is 14.0. The van der Waals surface area contributed by atoms with Gasteiger partial charge in [0.25, 0.3) is 11.5 Å². The summed E-state index contributed by atoms with van der Waals surface area (Å²) in [6.45, 7) is 6.46. The van der Waals surface area contributed by atoms with E-state index in [2.05, 4.69) is 13.8 Å². The lowest BCUT2D eigenvalue weighted by atomic mass is 10.1. The van der Waals surface area contributed by atoms with Crippen molar-refractivity contribution >= 4 is 16.8 Å². The second-order valence-corrected chi connectivity index (χ2v) is 9.56. The summed E-state index contributed by atoms with van der Waals surface area (Å²) in [5.41, 5.74) is 1.10. The van der Waals surface area contributed by atoms with E-state index in [0.29, 0.717) is 51.9 Å². The quantitative estimate of drug-likeness (QED) is 0.281. The van der Waals surface area contributed by atoms with Crippen molar-refractivity contribution in [2.75, 3.05) is 20.8 Å². The smallest absolute Gasteiger partial charge is 0.266 e. The van der Waals surface area contributed by atoms with E-state index < -0.39 is 11.9 Å². The molecule has 0 N–H and O–H groups in total. The van der Waals surface area contributed by atoms with E-state index in [9.17, 15) is 14.0 Å². The van der Waals surface area contributed by atoms with Crippen molar-refractivity contribution in [1.29, 1.82) is 0 Å². The molecule has 0 radical (unpaired) electrons. The molecule has 0 aliphatic rings. The Labute approximate surface area is 221 Å². The molecule has 0 bridgehead atoms. The second kappa shape index (κ2) is 11.5. The van der Waals surface area contributed by atoms with Gasteiger partial charge in [0.1, 0.15) is 23.1 Å². The van der Waals surface area contributed by atoms with Gasteiger partial charge in [-0.3, -0.25) is 14.2 Å². The summed E-state index contributed by atoms with van der Waals surface area (Å²) in [5.74, 6) is 1.05. The van der Waals surface area contributed by atoms with Crippen LogP contribution < -0.4 is 15.0 Å². The van der Waals surface area contributed by atoms with E-state index in [-0.39, 0.29) is 11.5 Å². The number of aromatic nitrogens is 2. The zero-order chi connectivity index (χ0) is 27.4. The molecule has 3 aromatic carbocycles. The Bertz CT molecular complexity index is 1480. The molecule has 38 heavy (non-hydrogen) atoms. The number of amides is 1. The van der Waals surface area contributed by atoms with Crippen LogP contribution in [0.5, 0.6) is 11.5 Å². The van der Waals surface area contributed by atoms with Gasteiger partial charge in [-0.25, -0.2) is 9.37 Å². The third-order valence-electron chi connectivity index (χ3n) is 6.53. The molecule has 1 amide bonds. The van der Waals surface area contributed by atoms with Crippen LogP contribution in [-0.4, -0.2) is 41.1 Å². The van der Waals surface area contributed by atoms with Crippen molar-refractivity contribution in [3.05, 3.63) is 94.3 Å². The molecular formula is C30H32FN3O4. The third kappa shape index (κ3) is 5.54. The minimum atomic E-state index is -0.596. The second-order valence-electron chi connectivity index (χ2n) is 9.56. The molecule has 1 heterocycles. The van der Waals surface area contributed by atoms with E-state index in [0.717, 1.165) is 6.42 Å². The Balaban J connectivity index is 1.90. The van der Waals surface area contributed by atoms with Crippen molar-refractivity contribution in [2.45, 2.75) is 33.2 Å². The lowest BCUT2D eigenvalue weighted by molar-refractivity contribution is 0.0670. The van der Waals surface area contributed by atoms with Gasteiger partial charge in [0.15, 0.2) is 0 Å². The largest absolute Gasteiger partial charge is 0.497 e. The number of carbonyl (C=O) groups excluding carboxylic acids is 1. The summed E-state index contributed by atoms with van der Waals surface area (Å²) in [6, 6.07) is 17.2. The molecule has 0 fully saturated rings. The van der Waals surface area contributed by atoms with Crippen LogP contribution >= 0.6 is 0 Å². The molecule has 1 unspecified atom stereocenters. The topological polar surface area (TPSA) is 73.7 Å². The minimum Gasteiger partial charge on any atom is -0.497 e. The van der Waals surface area contributed by atoms with Crippen LogP contribution in [0.1, 0.15) is 49.4 Å². The Morgan fingerprint density at radius 3 is 2.21 bits per heavy atom. The van der Waals surface area contributed by atoms with Crippen molar-refractivity contribution < 1.29 is 18.7 Å². The number of benzene rings is 3. The van der Waals surface area contributed by atoms with Crippen LogP contribution in [0.3, 0.4) is 0 Å². The van der Waals surface area contributed by atoms with Gasteiger partial charge in [0, 0.05) is 18.2 Å². The molecular weight excluding hydrogens is 485 g/mol. The van der Waals surface area contributed by atoms with Gasteiger partial charge in [-0.15, -0.1) is 0 Å². The number of nitrogens with zero attached hydrogens (tertiary/aromatic N) is 3. The van der Waals surface area contributed by atoms with Gasteiger partial charge in [-0.05, 0) is 67.8 Å². The fourth-order valence-corrected chi connectivity index (χ4v) is 4.37. The zero-order valence-electron chi connectivity index (χ0n) is 22.3. The van der Waals surface area contributed by atoms with E-state index >= 15 is 0 Å². The number of ether oxygens (including phenoxy) is 2. The average molecular weight is 518 g/mol. The standard InChI is InChI=1S/C30H32FN3O4/c1-19(2)14-15-33(29(35)21-16-24(37-4)18-25(17-21)38-5)20(3)28-32-27-9-7-6-8-26(27)30(36)34(28)23-12-10-22(31)11-13-23/h6-13,16-20H,14-15H2,1-5H3. The van der Waals surface area contributed by atoms with Gasteiger partial charge < -0.3 is 14.4 Å². The summed E-state index contributed by atoms with van der Waals surface area (Å²) in [5, 5.41) is 0.436. The number of hydrogen-bond acceptors (Lipinski definition) is 5. The summed E-state index contributed by atoms with van der Waals surface area (Å²) in [6.07, 6.45) is 0.742. The molecule has 4 aromatic rings. The van der Waals surface area contributed by atoms with E-state index in [1.165, 1.54) is 43.1 Å². The lowest BCUT2D eigenvalue weighted by Gasteiger charge is -2.31. The van der Waals surface area contributed by atoms with Gasteiger partial charge in [0.05, 0.1) is 36.9 Å². The molecule has 1 aromatic heterocycles. The summed E-state index contributed by atoms with van der Waals surface area (Å²) in [7, 11) is 3.06. The molecule has 0 aliphatic carbocycles. The number of carbonyl (C=O) groups is 1. The first-order valence-corrected chi connectivity index (χ1v) is 12.5. The predicted molar refractivity (Wildman–Crippen MR) is 146 cm³/mol. The number of rotatable bonds is 9. The number of methoxy groups -OCH3 is 2. The molecule has 0 spiro atoms. The van der Waals surface area contributed by atoms with Crippen LogP contribution in [0, 0.1) is 11.7 Å². The molecule has 0 saturated carbocycles. The zero-order valence-corrected chi connectivity index (χ0v) is 22.3. The number of fused-ring (bicyclic) bond motifs is 1. The van der Waals surface area contributed by atoms with E-state index in [1.54, 1.807) is 41.3 Å². The summed E-state index contributed by atoms with van der Waals surface area (Å²) in [4.78, 5) is 34.3. The summed E-state index contributed by atoms with van der Waals surface area (Å²) < 4.78 is 26.0. The highest BCUT2D eigenvalue weighted by atomic mass is 19.1. The molecule has 1 atom stereocenters. The number of halogens is 1. The van der Waals surface area contributed by atoms with Gasteiger partial charge in [-0.1, -0.05) is 26.0 Å². The Kier molecular flexibility index (Phi) is 8.10. The predicted octanol–water partition coefficient (Wildman–Crippen LogP) is 5.79. The first kappa shape index (κ1) is 26.9. The van der Waals surface area contributed by atoms with Crippen LogP contribution in [-0.2, 0) is 0 Å². The first-order valence-electron chi connectivity index (χ1n) is 12.5. The van der Waals surface area contributed by atoms with Crippen LogP contribution in [0.25, 0.3) is 16.6 Å². The highest BCUT2D eigenvalue weighted by Gasteiger charge is 2.28. The van der Waals surface area contributed by atoms with E-state index in [1.807, 2.05) is 13.0 Å². The highest BCUT2D eigenvalue weighted by molar-refractivity contribution is 5.95. The molecule has 7 nitrogen and oxygen atoms in total. The van der Waals surface area contributed by atoms with Crippen molar-refractivity contribution in [3.63, 3.8) is 0 Å². The normalized spacial score (nSPS) is 12.0. The Hall–Kier alpha value is -4.20. The van der Waals surface area contributed by atoms with Crippen LogP contribution in [0.2, 0.25) is 0 Å². The average Bonchev–Trinajstić information content (AvgIpc) is 2.93. The molecule has 0 aliphatic heterocycles.